The summed E-state index contributed by atoms with van der Waals surface area (Å²) < 4.78 is 18.8. The molecule has 0 atom stereocenters. The van der Waals surface area contributed by atoms with Crippen molar-refractivity contribution in [3.63, 3.8) is 0 Å². The van der Waals surface area contributed by atoms with Crippen LogP contribution < -0.4 is 19.5 Å². The van der Waals surface area contributed by atoms with Crippen molar-refractivity contribution in [3.05, 3.63) is 34.9 Å². The lowest BCUT2D eigenvalue weighted by molar-refractivity contribution is -0.113. The highest BCUT2D eigenvalue weighted by atomic mass is 79.9. The van der Waals surface area contributed by atoms with Gasteiger partial charge < -0.3 is 24.1 Å². The predicted molar refractivity (Wildman–Crippen MR) is 117 cm³/mol. The second kappa shape index (κ2) is 9.81. The molecule has 0 aliphatic rings. The van der Waals surface area contributed by atoms with Crippen molar-refractivity contribution >= 4 is 39.4 Å². The summed E-state index contributed by atoms with van der Waals surface area (Å²) in [4.78, 5) is 16.3. The topological polar surface area (TPSA) is 100 Å². The smallest absolute Gasteiger partial charge is 0.236 e. The molecule has 0 saturated carbocycles. The van der Waals surface area contributed by atoms with E-state index < -0.39 is 0 Å². The minimum Gasteiger partial charge on any atom is -0.493 e. The van der Waals surface area contributed by atoms with Gasteiger partial charge in [0.15, 0.2) is 22.5 Å². The van der Waals surface area contributed by atoms with Crippen LogP contribution in [-0.2, 0) is 11.8 Å². The molecule has 0 saturated heterocycles. The average Bonchev–Trinajstić information content (AvgIpc) is 3.13. The van der Waals surface area contributed by atoms with Crippen molar-refractivity contribution in [1.29, 1.82) is 0 Å². The van der Waals surface area contributed by atoms with Crippen LogP contribution in [0.1, 0.15) is 0 Å². The largest absolute Gasteiger partial charge is 0.493 e. The molecule has 0 radical (unpaired) electrons. The number of nitrogens with zero attached hydrogens (tertiary/aromatic N) is 4. The first-order valence-electron chi connectivity index (χ1n) is 8.70. The fourth-order valence-corrected chi connectivity index (χ4v) is 3.61. The molecule has 3 aromatic rings. The second-order valence-electron chi connectivity index (χ2n) is 5.98. The zero-order valence-electron chi connectivity index (χ0n) is 16.8. The second-order valence-corrected chi connectivity index (χ2v) is 7.84. The Balaban J connectivity index is 1.74. The van der Waals surface area contributed by atoms with Crippen molar-refractivity contribution in [2.75, 3.05) is 32.4 Å². The number of carbonyl (C=O) groups excluding carboxylic acids is 1. The summed E-state index contributed by atoms with van der Waals surface area (Å²) in [6.07, 6.45) is 1.62. The van der Waals surface area contributed by atoms with Gasteiger partial charge in [-0.3, -0.25) is 4.79 Å². The maximum atomic E-state index is 12.2. The highest BCUT2D eigenvalue weighted by Crippen LogP contribution is 2.41. The number of amides is 1. The maximum absolute atomic E-state index is 12.2. The van der Waals surface area contributed by atoms with Crippen molar-refractivity contribution in [2.24, 2.45) is 7.05 Å². The van der Waals surface area contributed by atoms with Crippen LogP contribution in [0.2, 0.25) is 0 Å². The lowest BCUT2D eigenvalue weighted by Crippen LogP contribution is -2.15. The van der Waals surface area contributed by atoms with Crippen LogP contribution in [0.25, 0.3) is 11.4 Å². The number of ether oxygens (including phenoxy) is 3. The molecule has 2 heterocycles. The number of nitrogens with one attached hydrogen (secondary N) is 1. The summed E-state index contributed by atoms with van der Waals surface area (Å²) in [5.74, 6) is 2.60. The molecule has 0 unspecified atom stereocenters. The van der Waals surface area contributed by atoms with E-state index >= 15 is 0 Å². The van der Waals surface area contributed by atoms with Crippen molar-refractivity contribution in [2.45, 2.75) is 5.16 Å². The van der Waals surface area contributed by atoms with Crippen LogP contribution in [-0.4, -0.2) is 52.7 Å². The Labute approximate surface area is 186 Å². The summed E-state index contributed by atoms with van der Waals surface area (Å²) in [5.41, 5.74) is 0.745. The van der Waals surface area contributed by atoms with Gasteiger partial charge in [-0.15, -0.1) is 10.2 Å². The Morgan fingerprint density at radius 2 is 1.83 bits per heavy atom. The third kappa shape index (κ3) is 4.85. The first-order valence-corrected chi connectivity index (χ1v) is 10.5. The van der Waals surface area contributed by atoms with Gasteiger partial charge in [0.25, 0.3) is 0 Å². The molecule has 0 aliphatic heterocycles. The average molecular weight is 494 g/mol. The van der Waals surface area contributed by atoms with E-state index in [-0.39, 0.29) is 11.7 Å². The minimum atomic E-state index is -0.188. The van der Waals surface area contributed by atoms with Gasteiger partial charge in [-0.2, -0.15) is 0 Å². The first-order chi connectivity index (χ1) is 14.5. The van der Waals surface area contributed by atoms with E-state index in [0.29, 0.717) is 34.0 Å². The number of anilines is 1. The minimum absolute atomic E-state index is 0.166. The third-order valence-electron chi connectivity index (χ3n) is 4.09. The van der Waals surface area contributed by atoms with Crippen molar-refractivity contribution < 1.29 is 19.0 Å². The van der Waals surface area contributed by atoms with Crippen LogP contribution in [0.4, 0.5) is 5.82 Å². The Kier molecular flexibility index (Phi) is 7.16. The van der Waals surface area contributed by atoms with E-state index in [0.717, 1.165) is 10.0 Å². The van der Waals surface area contributed by atoms with Crippen molar-refractivity contribution in [1.82, 2.24) is 19.7 Å². The number of hydrogen-bond donors (Lipinski definition) is 1. The highest BCUT2D eigenvalue weighted by molar-refractivity contribution is 9.10. The van der Waals surface area contributed by atoms with Gasteiger partial charge in [0, 0.05) is 23.3 Å². The van der Waals surface area contributed by atoms with E-state index in [4.69, 9.17) is 14.2 Å². The fourth-order valence-electron chi connectivity index (χ4n) is 2.66. The van der Waals surface area contributed by atoms with Crippen LogP contribution in [0.15, 0.2) is 40.1 Å². The SMILES string of the molecule is COc1cc(-c2nnc(SCC(=O)Nc3ccc(Br)cn3)n2C)cc(OC)c1OC. The van der Waals surface area contributed by atoms with Gasteiger partial charge in [0.1, 0.15) is 5.82 Å². The number of halogens is 1. The van der Waals surface area contributed by atoms with Gasteiger partial charge in [-0.1, -0.05) is 11.8 Å². The van der Waals surface area contributed by atoms with Crippen molar-refractivity contribution in [3.8, 4) is 28.6 Å². The quantitative estimate of drug-likeness (QED) is 0.476. The molecule has 2 aromatic heterocycles. The lowest BCUT2D eigenvalue weighted by Gasteiger charge is -2.14. The fraction of sp³-hybridized carbons (Fsp3) is 0.263. The molecule has 0 bridgehead atoms. The zero-order valence-corrected chi connectivity index (χ0v) is 19.2. The molecule has 11 heteroatoms. The monoisotopic (exact) mass is 493 g/mol. The van der Waals surface area contributed by atoms with E-state index in [9.17, 15) is 4.79 Å². The van der Waals surface area contributed by atoms with E-state index in [1.807, 2.05) is 13.1 Å². The summed E-state index contributed by atoms with van der Waals surface area (Å²) >= 11 is 4.58. The first kappa shape index (κ1) is 21.9. The Bertz CT molecular complexity index is 1020. The summed E-state index contributed by atoms with van der Waals surface area (Å²) in [7, 11) is 6.48. The number of pyridine rings is 1. The number of carbonyl (C=O) groups is 1. The van der Waals surface area contributed by atoms with Crippen LogP contribution in [0.3, 0.4) is 0 Å². The normalized spacial score (nSPS) is 10.6. The molecule has 0 aliphatic carbocycles. The number of aromatic nitrogens is 4. The summed E-state index contributed by atoms with van der Waals surface area (Å²) in [6, 6.07) is 7.12. The lowest BCUT2D eigenvalue weighted by atomic mass is 10.1. The van der Waals surface area contributed by atoms with Crippen LogP contribution in [0, 0.1) is 0 Å². The van der Waals surface area contributed by atoms with Gasteiger partial charge in [0.2, 0.25) is 11.7 Å². The molecule has 0 spiro atoms. The zero-order chi connectivity index (χ0) is 21.7. The Morgan fingerprint density at radius 1 is 1.13 bits per heavy atom. The van der Waals surface area contributed by atoms with Crippen LogP contribution >= 0.6 is 27.7 Å². The van der Waals surface area contributed by atoms with E-state index in [1.165, 1.54) is 11.8 Å². The molecule has 158 valence electrons. The molecular formula is C19H20BrN5O4S. The molecule has 1 amide bonds. The standard InChI is InChI=1S/C19H20BrN5O4S/c1-25-18(11-7-13(27-2)17(29-4)14(8-11)28-3)23-24-19(25)30-10-16(26)22-15-6-5-12(20)9-21-15/h5-9H,10H2,1-4H3,(H,21,22,26). The maximum Gasteiger partial charge on any atom is 0.236 e. The molecule has 3 rings (SSSR count). The number of thioether (sulfide) groups is 1. The number of methoxy groups -OCH3 is 3. The number of rotatable bonds is 8. The van der Waals surface area contributed by atoms with Crippen LogP contribution in [0.5, 0.6) is 17.2 Å². The summed E-state index contributed by atoms with van der Waals surface area (Å²) in [6.45, 7) is 0. The number of benzene rings is 1. The highest BCUT2D eigenvalue weighted by Gasteiger charge is 2.18. The molecule has 30 heavy (non-hydrogen) atoms. The van der Waals surface area contributed by atoms with Gasteiger partial charge >= 0.3 is 0 Å². The van der Waals surface area contributed by atoms with Gasteiger partial charge in [0.05, 0.1) is 27.1 Å². The predicted octanol–water partition coefficient (Wildman–Crippen LogP) is 3.40. The summed E-state index contributed by atoms with van der Waals surface area (Å²) in [5, 5.41) is 11.8. The molecule has 0 fully saturated rings. The third-order valence-corrected chi connectivity index (χ3v) is 5.57. The Morgan fingerprint density at radius 3 is 2.40 bits per heavy atom. The molecule has 1 aromatic carbocycles. The van der Waals surface area contributed by atoms with E-state index in [2.05, 4.69) is 36.4 Å². The van der Waals surface area contributed by atoms with Gasteiger partial charge in [-0.05, 0) is 40.2 Å². The molecular weight excluding hydrogens is 474 g/mol. The number of hydrogen-bond acceptors (Lipinski definition) is 8. The molecule has 1 N–H and O–H groups in total. The Hall–Kier alpha value is -2.79. The molecule has 9 nitrogen and oxygen atoms in total. The van der Waals surface area contributed by atoms with E-state index in [1.54, 1.807) is 50.3 Å². The van der Waals surface area contributed by atoms with Gasteiger partial charge in [-0.25, -0.2) is 4.98 Å².